The van der Waals surface area contributed by atoms with Crippen LogP contribution in [-0.2, 0) is 27.9 Å². The van der Waals surface area contributed by atoms with Gasteiger partial charge in [0, 0.05) is 25.0 Å². The third kappa shape index (κ3) is 4.25. The summed E-state index contributed by atoms with van der Waals surface area (Å²) in [6, 6.07) is 14.7. The molecule has 8 nitrogen and oxygen atoms in total. The minimum atomic E-state index is -3.65. The van der Waals surface area contributed by atoms with Gasteiger partial charge in [0.05, 0.1) is 22.7 Å². The number of hydrogen-bond donors (Lipinski definition) is 1. The lowest BCUT2D eigenvalue weighted by molar-refractivity contribution is 0.104. The minimum Gasteiger partial charge on any atom is -0.445 e. The van der Waals surface area contributed by atoms with Gasteiger partial charge in [-0.15, -0.1) is 0 Å². The van der Waals surface area contributed by atoms with Gasteiger partial charge in [-0.1, -0.05) is 30.3 Å². The number of benzene rings is 2. The molecule has 1 N–H and O–H groups in total. The molecule has 0 spiro atoms. The van der Waals surface area contributed by atoms with E-state index in [1.807, 2.05) is 48.0 Å². The highest BCUT2D eigenvalue weighted by Gasteiger charge is 2.36. The zero-order valence-electron chi connectivity index (χ0n) is 16.7. The van der Waals surface area contributed by atoms with Gasteiger partial charge in [0.15, 0.2) is 0 Å². The molecule has 158 valence electrons. The topological polar surface area (TPSA) is 93.5 Å². The molecule has 0 bridgehead atoms. The Morgan fingerprint density at radius 3 is 2.80 bits per heavy atom. The quantitative estimate of drug-likeness (QED) is 0.651. The predicted molar refractivity (Wildman–Crippen MR) is 115 cm³/mol. The molecular weight excluding hydrogens is 404 g/mol. The van der Waals surface area contributed by atoms with Crippen LogP contribution in [0.1, 0.15) is 18.9 Å². The standard InChI is InChI=1S/C21H24N4O4S/c1-2-25-20-12-18(9-8-17(20)13-22-25)23-30(27,28)19-10-11-24(14-19)21(26)29-15-16-6-4-3-5-7-16/h3-9,12-13,19,23H,2,10-11,14-15H2,1H3. The molecule has 2 aromatic carbocycles. The third-order valence-electron chi connectivity index (χ3n) is 5.25. The van der Waals surface area contributed by atoms with E-state index in [1.165, 1.54) is 4.90 Å². The van der Waals surface area contributed by atoms with Crippen molar-refractivity contribution < 1.29 is 17.9 Å². The highest BCUT2D eigenvalue weighted by Crippen LogP contribution is 2.24. The summed E-state index contributed by atoms with van der Waals surface area (Å²) in [5.41, 5.74) is 2.25. The van der Waals surface area contributed by atoms with Crippen molar-refractivity contribution in [2.24, 2.45) is 0 Å². The van der Waals surface area contributed by atoms with Crippen molar-refractivity contribution >= 4 is 32.7 Å². The van der Waals surface area contributed by atoms with Gasteiger partial charge in [-0.3, -0.25) is 9.40 Å². The van der Waals surface area contributed by atoms with Crippen LogP contribution in [0.2, 0.25) is 0 Å². The van der Waals surface area contributed by atoms with E-state index in [4.69, 9.17) is 4.74 Å². The van der Waals surface area contributed by atoms with Crippen LogP contribution < -0.4 is 4.72 Å². The summed E-state index contributed by atoms with van der Waals surface area (Å²) >= 11 is 0. The Balaban J connectivity index is 1.38. The molecule has 9 heteroatoms. The maximum absolute atomic E-state index is 12.9. The zero-order valence-corrected chi connectivity index (χ0v) is 17.5. The molecule has 1 aliphatic heterocycles. The molecule has 1 fully saturated rings. The first-order valence-corrected chi connectivity index (χ1v) is 11.4. The molecule has 1 unspecified atom stereocenters. The zero-order chi connectivity index (χ0) is 21.1. The SMILES string of the molecule is CCn1ncc2ccc(NS(=O)(=O)C3CCN(C(=O)OCc4ccccc4)C3)cc21. The second-order valence-electron chi connectivity index (χ2n) is 7.28. The first-order valence-electron chi connectivity index (χ1n) is 9.89. The van der Waals surface area contributed by atoms with Gasteiger partial charge < -0.3 is 9.64 Å². The Bertz CT molecular complexity index is 1140. The molecule has 1 amide bonds. The number of hydrogen-bond acceptors (Lipinski definition) is 5. The summed E-state index contributed by atoms with van der Waals surface area (Å²) in [6.07, 6.45) is 1.63. The lowest BCUT2D eigenvalue weighted by Crippen LogP contribution is -2.34. The number of rotatable bonds is 6. The van der Waals surface area contributed by atoms with Crippen molar-refractivity contribution in [3.63, 3.8) is 0 Å². The lowest BCUT2D eigenvalue weighted by atomic mass is 10.2. The molecule has 0 aliphatic carbocycles. The van der Waals surface area contributed by atoms with E-state index < -0.39 is 21.4 Å². The number of nitrogens with one attached hydrogen (secondary N) is 1. The number of aryl methyl sites for hydroxylation is 1. The summed E-state index contributed by atoms with van der Waals surface area (Å²) in [4.78, 5) is 13.8. The maximum atomic E-state index is 12.9. The van der Waals surface area contributed by atoms with E-state index in [0.717, 1.165) is 16.5 Å². The van der Waals surface area contributed by atoms with Crippen molar-refractivity contribution in [3.8, 4) is 0 Å². The van der Waals surface area contributed by atoms with Crippen LogP contribution in [0, 0.1) is 0 Å². The van der Waals surface area contributed by atoms with Gasteiger partial charge in [-0.05, 0) is 37.1 Å². The Kier molecular flexibility index (Phi) is 5.63. The highest BCUT2D eigenvalue weighted by molar-refractivity contribution is 7.93. The number of likely N-dealkylation sites (tertiary alicyclic amines) is 1. The Labute approximate surface area is 175 Å². The summed E-state index contributed by atoms with van der Waals surface area (Å²) in [5, 5.41) is 4.54. The monoisotopic (exact) mass is 428 g/mol. The molecule has 4 rings (SSSR count). The molecule has 0 saturated carbocycles. The van der Waals surface area contributed by atoms with Crippen LogP contribution in [0.4, 0.5) is 10.5 Å². The minimum absolute atomic E-state index is 0.109. The molecule has 2 heterocycles. The van der Waals surface area contributed by atoms with Gasteiger partial charge in [-0.2, -0.15) is 5.10 Å². The van der Waals surface area contributed by atoms with E-state index in [1.54, 1.807) is 18.3 Å². The molecule has 3 aromatic rings. The fourth-order valence-electron chi connectivity index (χ4n) is 3.59. The van der Waals surface area contributed by atoms with Crippen LogP contribution >= 0.6 is 0 Å². The summed E-state index contributed by atoms with van der Waals surface area (Å²) in [5.74, 6) is 0. The smallest absolute Gasteiger partial charge is 0.410 e. The van der Waals surface area contributed by atoms with E-state index in [2.05, 4.69) is 9.82 Å². The number of amides is 1. The van der Waals surface area contributed by atoms with Gasteiger partial charge in [-0.25, -0.2) is 13.2 Å². The van der Waals surface area contributed by atoms with E-state index in [0.29, 0.717) is 25.2 Å². The largest absolute Gasteiger partial charge is 0.445 e. The van der Waals surface area contributed by atoms with Crippen molar-refractivity contribution in [2.45, 2.75) is 31.7 Å². The van der Waals surface area contributed by atoms with E-state index >= 15 is 0 Å². The normalized spacial score (nSPS) is 16.7. The predicted octanol–water partition coefficient (Wildman–Crippen LogP) is 3.21. The van der Waals surface area contributed by atoms with Crippen LogP contribution in [0.25, 0.3) is 10.9 Å². The maximum Gasteiger partial charge on any atom is 0.410 e. The Morgan fingerprint density at radius 1 is 1.23 bits per heavy atom. The molecule has 1 atom stereocenters. The van der Waals surface area contributed by atoms with Gasteiger partial charge in [0.2, 0.25) is 10.0 Å². The number of ether oxygens (including phenoxy) is 1. The molecule has 1 saturated heterocycles. The average molecular weight is 429 g/mol. The second-order valence-corrected chi connectivity index (χ2v) is 9.24. The molecule has 1 aromatic heterocycles. The number of anilines is 1. The van der Waals surface area contributed by atoms with E-state index in [-0.39, 0.29) is 13.2 Å². The number of nitrogens with zero attached hydrogens (tertiary/aromatic N) is 3. The Morgan fingerprint density at radius 2 is 2.03 bits per heavy atom. The first-order chi connectivity index (χ1) is 14.5. The van der Waals surface area contributed by atoms with Crippen molar-refractivity contribution in [2.75, 3.05) is 17.8 Å². The third-order valence-corrected chi connectivity index (χ3v) is 7.03. The summed E-state index contributed by atoms with van der Waals surface area (Å²) in [6.45, 7) is 3.30. The van der Waals surface area contributed by atoms with Crippen LogP contribution in [-0.4, -0.2) is 47.5 Å². The van der Waals surface area contributed by atoms with E-state index in [9.17, 15) is 13.2 Å². The highest BCUT2D eigenvalue weighted by atomic mass is 32.2. The Hall–Kier alpha value is -3.07. The summed E-state index contributed by atoms with van der Waals surface area (Å²) < 4.78 is 35.5. The van der Waals surface area contributed by atoms with Crippen LogP contribution in [0.5, 0.6) is 0 Å². The first kappa shape index (κ1) is 20.2. The van der Waals surface area contributed by atoms with Gasteiger partial charge in [0.1, 0.15) is 6.61 Å². The fourth-order valence-corrected chi connectivity index (χ4v) is 5.01. The van der Waals surface area contributed by atoms with Gasteiger partial charge in [0.25, 0.3) is 0 Å². The number of fused-ring (bicyclic) bond motifs is 1. The van der Waals surface area contributed by atoms with Crippen LogP contribution in [0.3, 0.4) is 0 Å². The summed E-state index contributed by atoms with van der Waals surface area (Å²) in [7, 11) is -3.65. The number of carbonyl (C=O) groups is 1. The average Bonchev–Trinajstić information content (AvgIpc) is 3.40. The van der Waals surface area contributed by atoms with Crippen molar-refractivity contribution in [3.05, 3.63) is 60.3 Å². The van der Waals surface area contributed by atoms with Gasteiger partial charge >= 0.3 is 6.09 Å². The van der Waals surface area contributed by atoms with Crippen molar-refractivity contribution in [1.29, 1.82) is 0 Å². The molecule has 0 radical (unpaired) electrons. The molecule has 1 aliphatic rings. The fraction of sp³-hybridized carbons (Fsp3) is 0.333. The second kappa shape index (κ2) is 8.35. The van der Waals surface area contributed by atoms with Crippen molar-refractivity contribution in [1.82, 2.24) is 14.7 Å². The molecule has 30 heavy (non-hydrogen) atoms. The number of sulfonamides is 1. The molecular formula is C21H24N4O4S. The lowest BCUT2D eigenvalue weighted by Gasteiger charge is -2.17. The van der Waals surface area contributed by atoms with Crippen LogP contribution in [0.15, 0.2) is 54.7 Å². The number of aromatic nitrogens is 2. The number of carbonyl (C=O) groups excluding carboxylic acids is 1.